The minimum Gasteiger partial charge on any atom is -0.450 e. The first-order chi connectivity index (χ1) is 8.79. The molecular weight excluding hydrogens is 228 g/mol. The molecule has 0 aliphatic rings. The third-order valence-corrected chi connectivity index (χ3v) is 2.40. The Morgan fingerprint density at radius 2 is 2.00 bits per heavy atom. The molecule has 2 aromatic rings. The monoisotopic (exact) mass is 242 g/mol. The standard InChI is InChI=1S/C14H14N2O2/c1-2-18-14(17)16-13-7-5-11(6-8-13)12-4-3-9-15-10-12/h3-10H,2H2,1H3,(H,16,17). The van der Waals surface area contributed by atoms with Crippen LogP contribution in [0.25, 0.3) is 11.1 Å². The molecule has 0 bridgehead atoms. The summed E-state index contributed by atoms with van der Waals surface area (Å²) in [5.41, 5.74) is 2.80. The normalized spacial score (nSPS) is 9.83. The smallest absolute Gasteiger partial charge is 0.411 e. The highest BCUT2D eigenvalue weighted by molar-refractivity contribution is 5.85. The predicted molar refractivity (Wildman–Crippen MR) is 70.3 cm³/mol. The molecule has 1 heterocycles. The molecule has 92 valence electrons. The third-order valence-electron chi connectivity index (χ3n) is 2.40. The molecule has 4 nitrogen and oxygen atoms in total. The summed E-state index contributed by atoms with van der Waals surface area (Å²) in [6, 6.07) is 11.4. The molecule has 2 rings (SSSR count). The lowest BCUT2D eigenvalue weighted by Gasteiger charge is -2.06. The van der Waals surface area contributed by atoms with E-state index >= 15 is 0 Å². The van der Waals surface area contributed by atoms with Gasteiger partial charge in [0.1, 0.15) is 0 Å². The Balaban J connectivity index is 2.09. The molecule has 0 aliphatic carbocycles. The Morgan fingerprint density at radius 1 is 1.22 bits per heavy atom. The molecule has 1 amide bonds. The number of carbonyl (C=O) groups is 1. The number of hydrogen-bond donors (Lipinski definition) is 1. The second-order valence-corrected chi connectivity index (χ2v) is 3.66. The topological polar surface area (TPSA) is 51.2 Å². The van der Waals surface area contributed by atoms with Crippen molar-refractivity contribution in [3.8, 4) is 11.1 Å². The maximum absolute atomic E-state index is 11.2. The average molecular weight is 242 g/mol. The van der Waals surface area contributed by atoms with Gasteiger partial charge in [0.15, 0.2) is 0 Å². The number of ether oxygens (including phenoxy) is 1. The highest BCUT2D eigenvalue weighted by Crippen LogP contribution is 2.20. The molecule has 1 aromatic heterocycles. The van der Waals surface area contributed by atoms with Crippen molar-refractivity contribution in [3.63, 3.8) is 0 Å². The van der Waals surface area contributed by atoms with Crippen LogP contribution in [0.4, 0.5) is 10.5 Å². The van der Waals surface area contributed by atoms with Gasteiger partial charge in [-0.1, -0.05) is 18.2 Å². The van der Waals surface area contributed by atoms with Gasteiger partial charge in [-0.2, -0.15) is 0 Å². The lowest BCUT2D eigenvalue weighted by molar-refractivity contribution is 0.168. The van der Waals surface area contributed by atoms with E-state index in [0.717, 1.165) is 11.1 Å². The van der Waals surface area contributed by atoms with Crippen LogP contribution in [0.5, 0.6) is 0 Å². The van der Waals surface area contributed by atoms with E-state index in [-0.39, 0.29) is 0 Å². The van der Waals surface area contributed by atoms with Crippen LogP contribution in [0.2, 0.25) is 0 Å². The fourth-order valence-electron chi connectivity index (χ4n) is 1.56. The van der Waals surface area contributed by atoms with E-state index in [1.807, 2.05) is 36.4 Å². The first-order valence-corrected chi connectivity index (χ1v) is 5.74. The predicted octanol–water partition coefficient (Wildman–Crippen LogP) is 3.32. The van der Waals surface area contributed by atoms with Crippen molar-refractivity contribution in [2.24, 2.45) is 0 Å². The van der Waals surface area contributed by atoms with Crippen LogP contribution in [0.15, 0.2) is 48.8 Å². The first kappa shape index (κ1) is 12.1. The van der Waals surface area contributed by atoms with E-state index in [0.29, 0.717) is 12.3 Å². The van der Waals surface area contributed by atoms with Gasteiger partial charge in [0.25, 0.3) is 0 Å². The Bertz CT molecular complexity index is 509. The molecule has 0 atom stereocenters. The van der Waals surface area contributed by atoms with Crippen LogP contribution >= 0.6 is 0 Å². The molecule has 0 fully saturated rings. The number of hydrogen-bond acceptors (Lipinski definition) is 3. The molecule has 0 spiro atoms. The number of anilines is 1. The van der Waals surface area contributed by atoms with Crippen LogP contribution in [-0.2, 0) is 4.74 Å². The number of nitrogens with zero attached hydrogens (tertiary/aromatic N) is 1. The van der Waals surface area contributed by atoms with Gasteiger partial charge >= 0.3 is 6.09 Å². The van der Waals surface area contributed by atoms with Gasteiger partial charge in [0, 0.05) is 18.1 Å². The van der Waals surface area contributed by atoms with Crippen molar-refractivity contribution in [2.75, 3.05) is 11.9 Å². The minimum atomic E-state index is -0.438. The van der Waals surface area contributed by atoms with Gasteiger partial charge in [-0.25, -0.2) is 4.79 Å². The van der Waals surface area contributed by atoms with Crippen molar-refractivity contribution < 1.29 is 9.53 Å². The molecule has 1 aromatic carbocycles. The molecule has 0 saturated heterocycles. The molecule has 0 unspecified atom stereocenters. The maximum atomic E-state index is 11.2. The molecule has 1 N–H and O–H groups in total. The molecule has 0 saturated carbocycles. The Kier molecular flexibility index (Phi) is 3.91. The number of aromatic nitrogens is 1. The van der Waals surface area contributed by atoms with Crippen LogP contribution in [0.1, 0.15) is 6.92 Å². The van der Waals surface area contributed by atoms with Crippen molar-refractivity contribution in [1.82, 2.24) is 4.98 Å². The minimum absolute atomic E-state index is 0.361. The largest absolute Gasteiger partial charge is 0.450 e. The number of amides is 1. The van der Waals surface area contributed by atoms with Crippen LogP contribution in [0, 0.1) is 0 Å². The number of rotatable bonds is 3. The van der Waals surface area contributed by atoms with Gasteiger partial charge in [0.05, 0.1) is 6.61 Å². The third kappa shape index (κ3) is 3.07. The van der Waals surface area contributed by atoms with Crippen LogP contribution in [0.3, 0.4) is 0 Å². The van der Waals surface area contributed by atoms with E-state index in [4.69, 9.17) is 4.74 Å². The zero-order valence-corrected chi connectivity index (χ0v) is 10.1. The zero-order chi connectivity index (χ0) is 12.8. The van der Waals surface area contributed by atoms with Gasteiger partial charge in [-0.05, 0) is 36.2 Å². The Hall–Kier alpha value is -2.36. The summed E-state index contributed by atoms with van der Waals surface area (Å²) in [5.74, 6) is 0. The summed E-state index contributed by atoms with van der Waals surface area (Å²) < 4.78 is 4.80. The van der Waals surface area contributed by atoms with E-state index in [2.05, 4.69) is 10.3 Å². The molecular formula is C14H14N2O2. The van der Waals surface area contributed by atoms with E-state index in [9.17, 15) is 4.79 Å². The summed E-state index contributed by atoms with van der Waals surface area (Å²) in [7, 11) is 0. The van der Waals surface area contributed by atoms with E-state index in [1.165, 1.54) is 0 Å². The molecule has 0 radical (unpaired) electrons. The fraction of sp³-hybridized carbons (Fsp3) is 0.143. The van der Waals surface area contributed by atoms with E-state index in [1.54, 1.807) is 19.3 Å². The highest BCUT2D eigenvalue weighted by atomic mass is 16.5. The average Bonchev–Trinajstić information content (AvgIpc) is 2.41. The SMILES string of the molecule is CCOC(=O)Nc1ccc(-c2cccnc2)cc1. The molecule has 0 aliphatic heterocycles. The van der Waals surface area contributed by atoms with Crippen molar-refractivity contribution in [3.05, 3.63) is 48.8 Å². The first-order valence-electron chi connectivity index (χ1n) is 5.74. The summed E-state index contributed by atoms with van der Waals surface area (Å²) in [4.78, 5) is 15.3. The van der Waals surface area contributed by atoms with Crippen LogP contribution < -0.4 is 5.32 Å². The van der Waals surface area contributed by atoms with Crippen molar-refractivity contribution in [1.29, 1.82) is 0 Å². The van der Waals surface area contributed by atoms with E-state index < -0.39 is 6.09 Å². The zero-order valence-electron chi connectivity index (χ0n) is 10.1. The van der Waals surface area contributed by atoms with Gasteiger partial charge in [-0.15, -0.1) is 0 Å². The molecule has 18 heavy (non-hydrogen) atoms. The lowest BCUT2D eigenvalue weighted by atomic mass is 10.1. The summed E-state index contributed by atoms with van der Waals surface area (Å²) in [5, 5.41) is 2.64. The fourth-order valence-corrected chi connectivity index (χ4v) is 1.56. The van der Waals surface area contributed by atoms with Crippen molar-refractivity contribution >= 4 is 11.8 Å². The molecule has 4 heteroatoms. The summed E-state index contributed by atoms with van der Waals surface area (Å²) in [6.45, 7) is 2.13. The van der Waals surface area contributed by atoms with Gasteiger partial charge < -0.3 is 4.74 Å². The highest BCUT2D eigenvalue weighted by Gasteiger charge is 2.02. The summed E-state index contributed by atoms with van der Waals surface area (Å²) >= 11 is 0. The number of benzene rings is 1. The van der Waals surface area contributed by atoms with Crippen molar-refractivity contribution in [2.45, 2.75) is 6.92 Å². The quantitative estimate of drug-likeness (QED) is 0.898. The Morgan fingerprint density at radius 3 is 2.61 bits per heavy atom. The number of pyridine rings is 1. The second-order valence-electron chi connectivity index (χ2n) is 3.66. The lowest BCUT2D eigenvalue weighted by Crippen LogP contribution is -2.12. The number of carbonyl (C=O) groups excluding carboxylic acids is 1. The van der Waals surface area contributed by atoms with Gasteiger partial charge in [-0.3, -0.25) is 10.3 Å². The summed E-state index contributed by atoms with van der Waals surface area (Å²) in [6.07, 6.45) is 3.10. The second kappa shape index (κ2) is 5.82. The maximum Gasteiger partial charge on any atom is 0.411 e. The Labute approximate surface area is 106 Å². The number of nitrogens with one attached hydrogen (secondary N) is 1. The van der Waals surface area contributed by atoms with Gasteiger partial charge in [0.2, 0.25) is 0 Å². The van der Waals surface area contributed by atoms with Crippen LogP contribution in [-0.4, -0.2) is 17.7 Å².